The van der Waals surface area contributed by atoms with Crippen LogP contribution in [0.3, 0.4) is 0 Å². The normalized spacial score (nSPS) is 18.8. The molecule has 0 saturated carbocycles. The Balaban J connectivity index is 1.69. The van der Waals surface area contributed by atoms with E-state index in [1.807, 2.05) is 30.2 Å². The maximum atomic E-state index is 4.51. The van der Waals surface area contributed by atoms with Crippen LogP contribution in [-0.2, 0) is 13.1 Å². The van der Waals surface area contributed by atoms with Gasteiger partial charge in [-0.1, -0.05) is 38.1 Å². The molecule has 5 nitrogen and oxygen atoms in total. The number of nitrogens with one attached hydrogen (secondary N) is 1. The summed E-state index contributed by atoms with van der Waals surface area (Å²) in [5, 5.41) is 7.86. The third-order valence-electron chi connectivity index (χ3n) is 5.80. The SMILES string of the molecule is CN=C(NCc1ccccc1Cn1cccn1)N1CC(C)(C)C1(C)C. The van der Waals surface area contributed by atoms with Crippen molar-refractivity contribution < 1.29 is 0 Å². The van der Waals surface area contributed by atoms with Crippen molar-refractivity contribution in [2.24, 2.45) is 10.4 Å². The quantitative estimate of drug-likeness (QED) is 0.688. The number of hydrogen-bond donors (Lipinski definition) is 1. The van der Waals surface area contributed by atoms with Gasteiger partial charge < -0.3 is 10.2 Å². The summed E-state index contributed by atoms with van der Waals surface area (Å²) in [6, 6.07) is 10.5. The molecular formula is C20H29N5. The van der Waals surface area contributed by atoms with Crippen molar-refractivity contribution in [3.05, 3.63) is 53.9 Å². The summed E-state index contributed by atoms with van der Waals surface area (Å²) in [7, 11) is 1.86. The van der Waals surface area contributed by atoms with E-state index in [9.17, 15) is 0 Å². The molecule has 0 radical (unpaired) electrons. The van der Waals surface area contributed by atoms with Crippen LogP contribution in [0.1, 0.15) is 38.8 Å². The predicted molar refractivity (Wildman–Crippen MR) is 103 cm³/mol. The van der Waals surface area contributed by atoms with Gasteiger partial charge in [0.15, 0.2) is 5.96 Å². The second-order valence-corrected chi connectivity index (χ2v) is 7.90. The van der Waals surface area contributed by atoms with Gasteiger partial charge >= 0.3 is 0 Å². The maximum Gasteiger partial charge on any atom is 0.194 e. The molecule has 5 heteroatoms. The molecule has 25 heavy (non-hydrogen) atoms. The van der Waals surface area contributed by atoms with Gasteiger partial charge in [0.25, 0.3) is 0 Å². The van der Waals surface area contributed by atoms with E-state index in [-0.39, 0.29) is 5.54 Å². The number of aliphatic imine (C=N–C) groups is 1. The molecule has 1 aromatic heterocycles. The number of aromatic nitrogens is 2. The Morgan fingerprint density at radius 1 is 1.16 bits per heavy atom. The predicted octanol–water partition coefficient (Wildman–Crippen LogP) is 3.13. The number of hydrogen-bond acceptors (Lipinski definition) is 2. The molecule has 0 spiro atoms. The molecule has 1 aromatic carbocycles. The van der Waals surface area contributed by atoms with E-state index < -0.39 is 0 Å². The zero-order valence-electron chi connectivity index (χ0n) is 16.0. The van der Waals surface area contributed by atoms with E-state index in [4.69, 9.17) is 0 Å². The van der Waals surface area contributed by atoms with Crippen molar-refractivity contribution in [2.75, 3.05) is 13.6 Å². The third kappa shape index (κ3) is 3.28. The Bertz CT molecular complexity index is 743. The fourth-order valence-electron chi connectivity index (χ4n) is 3.32. The first kappa shape index (κ1) is 17.5. The van der Waals surface area contributed by atoms with Crippen molar-refractivity contribution in [2.45, 2.75) is 46.3 Å². The molecule has 2 aromatic rings. The lowest BCUT2D eigenvalue weighted by molar-refractivity contribution is -0.0667. The molecule has 1 fully saturated rings. The Morgan fingerprint density at radius 3 is 2.44 bits per heavy atom. The van der Waals surface area contributed by atoms with Crippen LogP contribution in [0.15, 0.2) is 47.7 Å². The van der Waals surface area contributed by atoms with Crippen molar-refractivity contribution in [3.63, 3.8) is 0 Å². The number of rotatable bonds is 4. The molecule has 0 bridgehead atoms. The molecular weight excluding hydrogens is 310 g/mol. The second-order valence-electron chi connectivity index (χ2n) is 7.90. The number of benzene rings is 1. The van der Waals surface area contributed by atoms with Gasteiger partial charge in [-0.3, -0.25) is 9.67 Å². The maximum absolute atomic E-state index is 4.51. The van der Waals surface area contributed by atoms with Crippen LogP contribution in [0, 0.1) is 5.41 Å². The first-order valence-electron chi connectivity index (χ1n) is 8.88. The first-order chi connectivity index (χ1) is 11.8. The standard InChI is InChI=1S/C20H29N5/c1-19(2)15-25(20(19,3)4)18(21-5)22-13-16-9-6-7-10-17(16)14-24-12-8-11-23-24/h6-12H,13-15H2,1-5H3,(H,21,22). The average molecular weight is 339 g/mol. The van der Waals surface area contributed by atoms with E-state index in [0.717, 1.165) is 25.6 Å². The lowest BCUT2D eigenvalue weighted by Gasteiger charge is -2.62. The lowest BCUT2D eigenvalue weighted by Crippen LogP contribution is -2.72. The molecule has 0 aliphatic carbocycles. The summed E-state index contributed by atoms with van der Waals surface area (Å²) in [5.74, 6) is 0.971. The fourth-order valence-corrected chi connectivity index (χ4v) is 3.32. The smallest absolute Gasteiger partial charge is 0.194 e. The van der Waals surface area contributed by atoms with E-state index in [2.05, 4.69) is 72.3 Å². The zero-order chi connectivity index (χ0) is 18.1. The monoisotopic (exact) mass is 339 g/mol. The van der Waals surface area contributed by atoms with Crippen molar-refractivity contribution in [3.8, 4) is 0 Å². The van der Waals surface area contributed by atoms with Gasteiger partial charge in [-0.05, 0) is 31.0 Å². The van der Waals surface area contributed by atoms with Crippen molar-refractivity contribution >= 4 is 5.96 Å². The molecule has 1 aliphatic heterocycles. The molecule has 0 atom stereocenters. The fraction of sp³-hybridized carbons (Fsp3) is 0.500. The molecule has 0 unspecified atom stereocenters. The van der Waals surface area contributed by atoms with E-state index in [0.29, 0.717) is 5.41 Å². The number of nitrogens with zero attached hydrogens (tertiary/aromatic N) is 4. The summed E-state index contributed by atoms with van der Waals surface area (Å²) in [4.78, 5) is 6.87. The minimum Gasteiger partial charge on any atom is -0.352 e. The van der Waals surface area contributed by atoms with Gasteiger partial charge in [-0.15, -0.1) is 0 Å². The summed E-state index contributed by atoms with van der Waals surface area (Å²) < 4.78 is 1.95. The minimum atomic E-state index is 0.101. The highest BCUT2D eigenvalue weighted by Crippen LogP contribution is 2.46. The summed E-state index contributed by atoms with van der Waals surface area (Å²) in [6.07, 6.45) is 3.81. The molecule has 3 rings (SSSR count). The van der Waals surface area contributed by atoms with Crippen LogP contribution < -0.4 is 5.32 Å². The highest BCUT2D eigenvalue weighted by atomic mass is 15.4. The van der Waals surface area contributed by atoms with Gasteiger partial charge in [0.2, 0.25) is 0 Å². The first-order valence-corrected chi connectivity index (χ1v) is 8.88. The molecule has 1 aliphatic rings. The van der Waals surface area contributed by atoms with Crippen LogP contribution in [0.4, 0.5) is 0 Å². The van der Waals surface area contributed by atoms with Crippen molar-refractivity contribution in [1.82, 2.24) is 20.0 Å². The second kappa shape index (κ2) is 6.54. The van der Waals surface area contributed by atoms with Gasteiger partial charge in [0, 0.05) is 43.5 Å². The van der Waals surface area contributed by atoms with E-state index in [1.54, 1.807) is 0 Å². The van der Waals surface area contributed by atoms with Crippen LogP contribution in [0.2, 0.25) is 0 Å². The van der Waals surface area contributed by atoms with E-state index >= 15 is 0 Å². The average Bonchev–Trinajstić information content (AvgIpc) is 3.08. The van der Waals surface area contributed by atoms with Gasteiger partial charge in [-0.25, -0.2) is 0 Å². The van der Waals surface area contributed by atoms with Crippen LogP contribution >= 0.6 is 0 Å². The van der Waals surface area contributed by atoms with Crippen LogP contribution in [-0.4, -0.2) is 39.8 Å². The minimum absolute atomic E-state index is 0.101. The van der Waals surface area contributed by atoms with Crippen LogP contribution in [0.25, 0.3) is 0 Å². The summed E-state index contributed by atoms with van der Waals surface area (Å²) in [5.41, 5.74) is 2.94. The Kier molecular flexibility index (Phi) is 4.58. The molecule has 1 N–H and O–H groups in total. The highest BCUT2D eigenvalue weighted by molar-refractivity contribution is 5.82. The Labute approximate surface area is 150 Å². The molecule has 2 heterocycles. The highest BCUT2D eigenvalue weighted by Gasteiger charge is 2.53. The third-order valence-corrected chi connectivity index (χ3v) is 5.80. The van der Waals surface area contributed by atoms with Gasteiger partial charge in [0.1, 0.15) is 0 Å². The molecule has 1 saturated heterocycles. The zero-order valence-corrected chi connectivity index (χ0v) is 16.0. The van der Waals surface area contributed by atoms with Crippen molar-refractivity contribution in [1.29, 1.82) is 0 Å². The van der Waals surface area contributed by atoms with Gasteiger partial charge in [-0.2, -0.15) is 5.10 Å². The molecule has 134 valence electrons. The Morgan fingerprint density at radius 2 is 1.88 bits per heavy atom. The van der Waals surface area contributed by atoms with Gasteiger partial charge in [0.05, 0.1) is 6.54 Å². The molecule has 0 amide bonds. The largest absolute Gasteiger partial charge is 0.352 e. The summed E-state index contributed by atoms with van der Waals surface area (Å²) in [6.45, 7) is 11.8. The lowest BCUT2D eigenvalue weighted by atomic mass is 9.65. The summed E-state index contributed by atoms with van der Waals surface area (Å²) >= 11 is 0. The van der Waals surface area contributed by atoms with E-state index in [1.165, 1.54) is 11.1 Å². The Hall–Kier alpha value is -2.30. The number of likely N-dealkylation sites (tertiary alicyclic amines) is 1. The topological polar surface area (TPSA) is 45.5 Å². The number of guanidine groups is 1. The van der Waals surface area contributed by atoms with Crippen LogP contribution in [0.5, 0.6) is 0 Å².